The van der Waals surface area contributed by atoms with Crippen LogP contribution in [0.5, 0.6) is 0 Å². The van der Waals surface area contributed by atoms with E-state index in [2.05, 4.69) is 10.3 Å². The number of carbonyl (C=O) groups is 1. The Hall–Kier alpha value is -2.39. The van der Waals surface area contributed by atoms with Crippen LogP contribution in [0.25, 0.3) is 0 Å². The number of nitriles is 1. The van der Waals surface area contributed by atoms with Gasteiger partial charge in [-0.3, -0.25) is 9.78 Å². The van der Waals surface area contributed by atoms with Crippen molar-refractivity contribution < 1.29 is 4.79 Å². The predicted molar refractivity (Wildman–Crippen MR) is 79.8 cm³/mol. The molecule has 0 aliphatic carbocycles. The molecule has 0 amide bonds. The Labute approximate surface area is 121 Å². The molecular formula is C14H14N4OS. The number of ketones is 1. The van der Waals surface area contributed by atoms with Crippen molar-refractivity contribution >= 4 is 27.8 Å². The maximum atomic E-state index is 11.5. The number of Topliss-reactive ketones (excluding diaryl/α,β-unsaturated/α-hetero) is 1. The highest BCUT2D eigenvalue weighted by molar-refractivity contribution is 7.18. The monoisotopic (exact) mass is 286 g/mol. The molecule has 6 heteroatoms. The second-order valence-electron chi connectivity index (χ2n) is 4.34. The van der Waals surface area contributed by atoms with Crippen molar-refractivity contribution in [3.8, 4) is 6.07 Å². The second-order valence-corrected chi connectivity index (χ2v) is 5.36. The first kappa shape index (κ1) is 14.0. The lowest BCUT2D eigenvalue weighted by molar-refractivity contribution is 0.102. The molecule has 0 fully saturated rings. The van der Waals surface area contributed by atoms with Crippen LogP contribution in [0.3, 0.4) is 0 Å². The van der Waals surface area contributed by atoms with Crippen LogP contribution in [0.15, 0.2) is 18.3 Å². The third-order valence-electron chi connectivity index (χ3n) is 2.91. The Bertz CT molecular complexity index is 700. The SMILES string of the molecule is CC(=O)c1sc(NCc2ncccc2C)c(C#N)c1N. The van der Waals surface area contributed by atoms with Crippen molar-refractivity contribution in [3.05, 3.63) is 40.0 Å². The smallest absolute Gasteiger partial charge is 0.171 e. The molecule has 0 atom stereocenters. The molecule has 2 aromatic heterocycles. The minimum absolute atomic E-state index is 0.133. The van der Waals surface area contributed by atoms with Crippen molar-refractivity contribution in [3.63, 3.8) is 0 Å². The fourth-order valence-electron chi connectivity index (χ4n) is 1.81. The van der Waals surface area contributed by atoms with Gasteiger partial charge in [0.1, 0.15) is 16.6 Å². The predicted octanol–water partition coefficient (Wildman–Crippen LogP) is 2.72. The van der Waals surface area contributed by atoms with Gasteiger partial charge in [0.2, 0.25) is 0 Å². The van der Waals surface area contributed by atoms with Crippen molar-refractivity contribution in [2.45, 2.75) is 20.4 Å². The van der Waals surface area contributed by atoms with Gasteiger partial charge in [0.05, 0.1) is 22.8 Å². The topological polar surface area (TPSA) is 91.8 Å². The number of thiophene rings is 1. The first-order valence-corrected chi connectivity index (χ1v) is 6.84. The number of nitrogens with one attached hydrogen (secondary N) is 1. The summed E-state index contributed by atoms with van der Waals surface area (Å²) in [4.78, 5) is 16.1. The van der Waals surface area contributed by atoms with Gasteiger partial charge >= 0.3 is 0 Å². The van der Waals surface area contributed by atoms with E-state index in [1.54, 1.807) is 6.20 Å². The third kappa shape index (κ3) is 2.63. The number of pyridine rings is 1. The number of aromatic nitrogens is 1. The van der Waals surface area contributed by atoms with Gasteiger partial charge in [-0.2, -0.15) is 5.26 Å². The maximum absolute atomic E-state index is 11.5. The van der Waals surface area contributed by atoms with E-state index in [1.165, 1.54) is 18.3 Å². The van der Waals surface area contributed by atoms with Crippen LogP contribution in [0.1, 0.15) is 33.4 Å². The number of aryl methyl sites for hydroxylation is 1. The van der Waals surface area contributed by atoms with Crippen LogP contribution in [-0.4, -0.2) is 10.8 Å². The summed E-state index contributed by atoms with van der Waals surface area (Å²) in [5, 5.41) is 12.9. The molecule has 0 saturated carbocycles. The van der Waals surface area contributed by atoms with E-state index >= 15 is 0 Å². The minimum Gasteiger partial charge on any atom is -0.396 e. The summed E-state index contributed by atoms with van der Waals surface area (Å²) < 4.78 is 0. The molecule has 3 N–H and O–H groups in total. The number of nitrogens with zero attached hydrogens (tertiary/aromatic N) is 2. The summed E-state index contributed by atoms with van der Waals surface area (Å²) in [5.41, 5.74) is 8.37. The summed E-state index contributed by atoms with van der Waals surface area (Å²) in [6.07, 6.45) is 1.72. The van der Waals surface area contributed by atoms with E-state index in [4.69, 9.17) is 11.0 Å². The van der Waals surface area contributed by atoms with E-state index in [-0.39, 0.29) is 11.5 Å². The minimum atomic E-state index is -0.133. The molecule has 0 aliphatic rings. The third-order valence-corrected chi connectivity index (χ3v) is 4.18. The van der Waals surface area contributed by atoms with Gasteiger partial charge in [-0.05, 0) is 18.6 Å². The first-order chi connectivity index (χ1) is 9.54. The number of nitrogen functional groups attached to an aromatic ring is 1. The normalized spacial score (nSPS) is 10.1. The van der Waals surface area contributed by atoms with Crippen LogP contribution < -0.4 is 11.1 Å². The Morgan fingerprint density at radius 1 is 1.60 bits per heavy atom. The molecular weight excluding hydrogens is 272 g/mol. The van der Waals surface area contributed by atoms with Gasteiger partial charge in [0, 0.05) is 13.1 Å². The standard InChI is InChI=1S/C14H14N4OS/c1-8-4-3-5-17-11(8)7-18-14-10(6-15)12(16)13(20-14)9(2)19/h3-5,18H,7,16H2,1-2H3. The summed E-state index contributed by atoms with van der Waals surface area (Å²) in [6, 6.07) is 5.88. The van der Waals surface area contributed by atoms with Crippen LogP contribution in [0, 0.1) is 18.3 Å². The largest absolute Gasteiger partial charge is 0.396 e. The summed E-state index contributed by atoms with van der Waals surface area (Å²) in [5.74, 6) is -0.133. The van der Waals surface area contributed by atoms with Crippen molar-refractivity contribution in [2.24, 2.45) is 0 Å². The first-order valence-electron chi connectivity index (χ1n) is 6.02. The van der Waals surface area contributed by atoms with Crippen LogP contribution in [0.4, 0.5) is 10.7 Å². The molecule has 5 nitrogen and oxygen atoms in total. The molecule has 102 valence electrons. The van der Waals surface area contributed by atoms with Gasteiger partial charge in [0.15, 0.2) is 5.78 Å². The number of anilines is 2. The molecule has 0 radical (unpaired) electrons. The zero-order chi connectivity index (χ0) is 14.7. The number of hydrogen-bond acceptors (Lipinski definition) is 6. The highest BCUT2D eigenvalue weighted by atomic mass is 32.1. The fraction of sp³-hybridized carbons (Fsp3) is 0.214. The highest BCUT2D eigenvalue weighted by Gasteiger charge is 2.18. The average Bonchev–Trinajstić information content (AvgIpc) is 2.74. The van der Waals surface area contributed by atoms with E-state index < -0.39 is 0 Å². The van der Waals surface area contributed by atoms with E-state index in [0.717, 1.165) is 11.3 Å². The van der Waals surface area contributed by atoms with Crippen molar-refractivity contribution in [2.75, 3.05) is 11.1 Å². The zero-order valence-corrected chi connectivity index (χ0v) is 12.0. The number of nitrogens with two attached hydrogens (primary N) is 1. The molecule has 0 spiro atoms. The molecule has 2 heterocycles. The van der Waals surface area contributed by atoms with E-state index in [0.29, 0.717) is 22.0 Å². The van der Waals surface area contributed by atoms with Crippen LogP contribution in [0.2, 0.25) is 0 Å². The molecule has 0 unspecified atom stereocenters. The fourth-order valence-corrected chi connectivity index (χ4v) is 2.77. The summed E-state index contributed by atoms with van der Waals surface area (Å²) in [7, 11) is 0. The molecule has 0 bridgehead atoms. The zero-order valence-electron chi connectivity index (χ0n) is 11.2. The lowest BCUT2D eigenvalue weighted by Crippen LogP contribution is -2.03. The summed E-state index contributed by atoms with van der Waals surface area (Å²) >= 11 is 1.21. The second kappa shape index (κ2) is 5.72. The highest BCUT2D eigenvalue weighted by Crippen LogP contribution is 2.35. The molecule has 2 aromatic rings. The number of hydrogen-bond donors (Lipinski definition) is 2. The lowest BCUT2D eigenvalue weighted by atomic mass is 10.2. The van der Waals surface area contributed by atoms with E-state index in [1.807, 2.05) is 25.1 Å². The van der Waals surface area contributed by atoms with Gasteiger partial charge in [-0.25, -0.2) is 0 Å². The van der Waals surface area contributed by atoms with Crippen LogP contribution in [-0.2, 0) is 6.54 Å². The molecule has 2 rings (SSSR count). The summed E-state index contributed by atoms with van der Waals surface area (Å²) in [6.45, 7) is 3.90. The number of rotatable bonds is 4. The van der Waals surface area contributed by atoms with Crippen LogP contribution >= 0.6 is 11.3 Å². The number of carbonyl (C=O) groups excluding carboxylic acids is 1. The van der Waals surface area contributed by atoms with Crippen molar-refractivity contribution in [1.29, 1.82) is 5.26 Å². The van der Waals surface area contributed by atoms with Gasteiger partial charge in [-0.15, -0.1) is 11.3 Å². The maximum Gasteiger partial charge on any atom is 0.171 e. The van der Waals surface area contributed by atoms with Gasteiger partial charge < -0.3 is 11.1 Å². The Morgan fingerprint density at radius 3 is 2.95 bits per heavy atom. The Kier molecular flexibility index (Phi) is 4.01. The molecule has 20 heavy (non-hydrogen) atoms. The van der Waals surface area contributed by atoms with Gasteiger partial charge in [-0.1, -0.05) is 6.07 Å². The average molecular weight is 286 g/mol. The van der Waals surface area contributed by atoms with E-state index in [9.17, 15) is 4.79 Å². The molecule has 0 saturated heterocycles. The molecule has 0 aromatic carbocycles. The lowest BCUT2D eigenvalue weighted by Gasteiger charge is -2.06. The Morgan fingerprint density at radius 2 is 2.35 bits per heavy atom. The quantitative estimate of drug-likeness (QED) is 0.843. The van der Waals surface area contributed by atoms with Gasteiger partial charge in [0.25, 0.3) is 0 Å². The molecule has 0 aliphatic heterocycles. The van der Waals surface area contributed by atoms with Crippen molar-refractivity contribution in [1.82, 2.24) is 4.98 Å². The Balaban J connectivity index is 2.27.